The van der Waals surface area contributed by atoms with Gasteiger partial charge >= 0.3 is 0 Å². The molecule has 0 aliphatic carbocycles. The minimum atomic E-state index is 0.892. The fourth-order valence-corrected chi connectivity index (χ4v) is 18.8. The first-order chi connectivity index (χ1) is 61.5. The zero-order chi connectivity index (χ0) is 82.0. The van der Waals surface area contributed by atoms with E-state index in [-0.39, 0.29) is 0 Å². The number of benzene rings is 20. The second-order valence-corrected chi connectivity index (χ2v) is 32.2. The predicted octanol–water partition coefficient (Wildman–Crippen LogP) is 33.4. The summed E-state index contributed by atoms with van der Waals surface area (Å²) >= 11 is 0. The molecule has 0 amide bonds. The Morgan fingerprint density at radius 3 is 0.758 bits per heavy atom. The van der Waals surface area contributed by atoms with E-state index < -0.39 is 0 Å². The Labute approximate surface area is 718 Å². The van der Waals surface area contributed by atoms with Crippen LogP contribution in [0.3, 0.4) is 0 Å². The third kappa shape index (κ3) is 13.2. The Bertz CT molecular complexity index is 8160. The average Bonchev–Trinajstić information content (AvgIpc) is 1.59. The molecule has 0 aliphatic rings. The molecule has 0 spiro atoms. The summed E-state index contributed by atoms with van der Waals surface area (Å²) in [6.07, 6.45) is 0. The largest absolute Gasteiger partial charge is 0.455 e. The van der Waals surface area contributed by atoms with E-state index in [9.17, 15) is 0 Å². The van der Waals surface area contributed by atoms with Crippen LogP contribution < -0.4 is 0 Å². The standard InChI is InChI=1S/2C60H39NO/c1-4-15-40(16-5-1)42-29-32-50(33-30-42)61-57-28-11-10-23-53(57)56-39-46(31-34-58(56)61)48-36-47(45-22-12-21-44(35-45)41-17-6-2-7-18-41)37-49(38-48)52-25-14-27-55-54-26-13-24-51(59(54)62-60(52)55)43-19-8-3-9-20-43;1-4-15-40(16-5-1)42-29-31-43(32-30-42)47-35-48(37-49(36-47)52-25-14-27-55-54-26-13-24-51(59(54)62-60(52)55)44-19-8-3-9-20-44)46-33-34-58-56(39-46)53-23-10-11-28-57(53)61(58)50-22-12-21-45(38-50)41-17-6-2-7-18-41/h2*1-39H. The number of hydrogen-bond donors (Lipinski definition) is 0. The molecule has 0 bridgehead atoms. The van der Waals surface area contributed by atoms with Gasteiger partial charge in [0, 0.05) is 76.7 Å². The van der Waals surface area contributed by atoms with Gasteiger partial charge in [0.2, 0.25) is 0 Å². The molecule has 24 aromatic rings. The Morgan fingerprint density at radius 2 is 0.355 bits per heavy atom. The van der Waals surface area contributed by atoms with Gasteiger partial charge in [0.15, 0.2) is 0 Å². The van der Waals surface area contributed by atoms with E-state index in [1.54, 1.807) is 0 Å². The SMILES string of the molecule is c1ccc(-c2ccc(-c3cc(-c4ccc5c(c4)c4ccccc4n5-c4cccc(-c5ccccc5)c4)cc(-c4cccc5c4oc4c(-c6ccccc6)cccc45)c3)cc2)cc1.c1ccc(-c2ccc(-n3c4ccccc4c4cc(-c5cc(-c6cccc(-c7ccccc7)c6)cc(-c6cccc7c6oc6c(-c8ccccc8)cccc67)c5)ccc43)cc2)cc1. The molecule has 0 aliphatic heterocycles. The quantitative estimate of drug-likeness (QED) is 0.109. The van der Waals surface area contributed by atoms with Crippen LogP contribution in [0, 0.1) is 0 Å². The first-order valence-corrected chi connectivity index (χ1v) is 42.5. The van der Waals surface area contributed by atoms with Gasteiger partial charge in [-0.25, -0.2) is 0 Å². The molecule has 124 heavy (non-hydrogen) atoms. The van der Waals surface area contributed by atoms with E-state index in [1.165, 1.54) is 88.1 Å². The van der Waals surface area contributed by atoms with E-state index in [0.29, 0.717) is 0 Å². The average molecular weight is 1580 g/mol. The van der Waals surface area contributed by atoms with E-state index in [1.807, 2.05) is 0 Å². The number of furan rings is 2. The van der Waals surface area contributed by atoms with E-state index in [0.717, 1.165) is 144 Å². The van der Waals surface area contributed by atoms with Gasteiger partial charge in [-0.1, -0.05) is 370 Å². The molecule has 0 N–H and O–H groups in total. The van der Waals surface area contributed by atoms with Crippen molar-refractivity contribution in [1.82, 2.24) is 9.13 Å². The zero-order valence-corrected chi connectivity index (χ0v) is 67.7. The maximum atomic E-state index is 6.97. The molecule has 0 saturated carbocycles. The van der Waals surface area contributed by atoms with Gasteiger partial charge in [-0.3, -0.25) is 0 Å². The first-order valence-electron chi connectivity index (χ1n) is 42.5. The van der Waals surface area contributed by atoms with Crippen LogP contribution in [0.2, 0.25) is 0 Å². The van der Waals surface area contributed by atoms with Gasteiger partial charge < -0.3 is 18.0 Å². The summed E-state index contributed by atoms with van der Waals surface area (Å²) in [4.78, 5) is 0. The van der Waals surface area contributed by atoms with Crippen molar-refractivity contribution in [2.45, 2.75) is 0 Å². The molecule has 0 unspecified atom stereocenters. The summed E-state index contributed by atoms with van der Waals surface area (Å²) in [5.74, 6) is 0. The van der Waals surface area contributed by atoms with Crippen molar-refractivity contribution >= 4 is 87.5 Å². The molecule has 4 heterocycles. The van der Waals surface area contributed by atoms with Crippen molar-refractivity contribution in [3.63, 3.8) is 0 Å². The minimum absolute atomic E-state index is 0.892. The van der Waals surface area contributed by atoms with Gasteiger partial charge in [0.1, 0.15) is 22.3 Å². The fraction of sp³-hybridized carbons (Fsp3) is 0. The lowest BCUT2D eigenvalue weighted by Crippen LogP contribution is -1.94. The second-order valence-electron chi connectivity index (χ2n) is 32.2. The fourth-order valence-electron chi connectivity index (χ4n) is 18.8. The normalized spacial score (nSPS) is 11.5. The third-order valence-corrected chi connectivity index (χ3v) is 24.8. The van der Waals surface area contributed by atoms with Crippen molar-refractivity contribution in [3.8, 4) is 145 Å². The van der Waals surface area contributed by atoms with Gasteiger partial charge in [0.05, 0.1) is 22.1 Å². The van der Waals surface area contributed by atoms with E-state index in [2.05, 4.69) is 482 Å². The summed E-state index contributed by atoms with van der Waals surface area (Å²) in [6, 6.07) is 171. The number of hydrogen-bond acceptors (Lipinski definition) is 2. The monoisotopic (exact) mass is 1580 g/mol. The van der Waals surface area contributed by atoms with Crippen LogP contribution in [-0.2, 0) is 0 Å². The molecule has 0 saturated heterocycles. The van der Waals surface area contributed by atoms with Crippen molar-refractivity contribution < 1.29 is 8.83 Å². The van der Waals surface area contributed by atoms with Crippen LogP contribution >= 0.6 is 0 Å². The highest BCUT2D eigenvalue weighted by Gasteiger charge is 2.23. The van der Waals surface area contributed by atoms with Crippen LogP contribution in [0.1, 0.15) is 0 Å². The van der Waals surface area contributed by atoms with Crippen LogP contribution in [0.4, 0.5) is 0 Å². The summed E-state index contributed by atoms with van der Waals surface area (Å²) in [5.41, 5.74) is 38.3. The molecule has 4 aromatic heterocycles. The molecule has 4 heteroatoms. The Morgan fingerprint density at radius 1 is 0.121 bits per heavy atom. The summed E-state index contributed by atoms with van der Waals surface area (Å²) in [6.45, 7) is 0. The minimum Gasteiger partial charge on any atom is -0.455 e. The summed E-state index contributed by atoms with van der Waals surface area (Å²) in [7, 11) is 0. The van der Waals surface area contributed by atoms with Crippen molar-refractivity contribution in [2.24, 2.45) is 0 Å². The maximum absolute atomic E-state index is 6.97. The molecule has 0 atom stereocenters. The molecule has 4 nitrogen and oxygen atoms in total. The number of para-hydroxylation sites is 6. The van der Waals surface area contributed by atoms with Crippen LogP contribution in [0.25, 0.3) is 232 Å². The Kier molecular flexibility index (Phi) is 18.2. The third-order valence-electron chi connectivity index (χ3n) is 24.8. The van der Waals surface area contributed by atoms with E-state index >= 15 is 0 Å². The molecule has 24 rings (SSSR count). The summed E-state index contributed by atoms with van der Waals surface area (Å²) in [5, 5.41) is 9.35. The predicted molar refractivity (Wildman–Crippen MR) is 521 cm³/mol. The van der Waals surface area contributed by atoms with Crippen LogP contribution in [0.15, 0.2) is 482 Å². The second kappa shape index (κ2) is 31.1. The highest BCUT2D eigenvalue weighted by atomic mass is 16.3. The number of fused-ring (bicyclic) bond motifs is 12. The smallest absolute Gasteiger partial charge is 0.143 e. The van der Waals surface area contributed by atoms with Crippen molar-refractivity contribution in [2.75, 3.05) is 0 Å². The lowest BCUT2D eigenvalue weighted by atomic mass is 9.91. The molecule has 0 fully saturated rings. The molecular weight excluding hydrogens is 1500 g/mol. The van der Waals surface area contributed by atoms with Gasteiger partial charge in [-0.15, -0.1) is 0 Å². The number of aromatic nitrogens is 2. The molecular formula is C120H78N2O2. The molecule has 0 radical (unpaired) electrons. The van der Waals surface area contributed by atoms with Gasteiger partial charge in [0.25, 0.3) is 0 Å². The molecule has 580 valence electrons. The number of rotatable bonds is 14. The lowest BCUT2D eigenvalue weighted by molar-refractivity contribution is 0.670. The number of nitrogens with zero attached hydrogens (tertiary/aromatic N) is 2. The summed E-state index contributed by atoms with van der Waals surface area (Å²) < 4.78 is 18.7. The van der Waals surface area contributed by atoms with Gasteiger partial charge in [-0.05, 0) is 214 Å². The van der Waals surface area contributed by atoms with Crippen LogP contribution in [0.5, 0.6) is 0 Å². The highest BCUT2D eigenvalue weighted by Crippen LogP contribution is 2.47. The first kappa shape index (κ1) is 72.8. The zero-order valence-electron chi connectivity index (χ0n) is 67.7. The van der Waals surface area contributed by atoms with E-state index in [4.69, 9.17) is 8.83 Å². The Balaban J connectivity index is 0.000000143. The van der Waals surface area contributed by atoms with Gasteiger partial charge in [-0.2, -0.15) is 0 Å². The lowest BCUT2D eigenvalue weighted by Gasteiger charge is -2.13. The van der Waals surface area contributed by atoms with Crippen LogP contribution in [-0.4, -0.2) is 9.13 Å². The topological polar surface area (TPSA) is 36.1 Å². The maximum Gasteiger partial charge on any atom is 0.143 e. The highest BCUT2D eigenvalue weighted by molar-refractivity contribution is 6.17. The van der Waals surface area contributed by atoms with Crippen molar-refractivity contribution in [3.05, 3.63) is 473 Å². The van der Waals surface area contributed by atoms with Crippen molar-refractivity contribution in [1.29, 1.82) is 0 Å². The Hall–Kier alpha value is -16.4. The molecule has 20 aromatic carbocycles.